The van der Waals surface area contributed by atoms with Gasteiger partial charge in [0, 0.05) is 6.07 Å². The highest BCUT2D eigenvalue weighted by molar-refractivity contribution is 5.68. The average molecular weight is 243 g/mol. The van der Waals surface area contributed by atoms with Gasteiger partial charge in [-0.1, -0.05) is 6.07 Å². The van der Waals surface area contributed by atoms with Gasteiger partial charge in [0.25, 0.3) is 0 Å². The van der Waals surface area contributed by atoms with Gasteiger partial charge in [-0.2, -0.15) is 0 Å². The molecular weight excluding hydrogens is 228 g/mol. The molecule has 0 saturated heterocycles. The van der Waals surface area contributed by atoms with Gasteiger partial charge in [-0.15, -0.1) is 0 Å². The fourth-order valence-corrected chi connectivity index (χ4v) is 1.70. The van der Waals surface area contributed by atoms with Crippen LogP contribution in [0, 0.1) is 6.07 Å². The van der Waals surface area contributed by atoms with Gasteiger partial charge < -0.3 is 14.2 Å². The van der Waals surface area contributed by atoms with Crippen molar-refractivity contribution in [2.45, 2.75) is 0 Å². The van der Waals surface area contributed by atoms with Crippen molar-refractivity contribution in [2.24, 2.45) is 0 Å². The normalized spacial score (nSPS) is 9.94. The van der Waals surface area contributed by atoms with Crippen LogP contribution in [0.2, 0.25) is 0 Å². The van der Waals surface area contributed by atoms with E-state index in [1.807, 2.05) is 36.4 Å². The quantitative estimate of drug-likeness (QED) is 0.825. The Balaban J connectivity index is 2.48. The zero-order chi connectivity index (χ0) is 13.0. The number of ether oxygens (including phenoxy) is 3. The molecule has 2 aromatic carbocycles. The number of hydrogen-bond acceptors (Lipinski definition) is 3. The van der Waals surface area contributed by atoms with Gasteiger partial charge in [0.2, 0.25) is 0 Å². The lowest BCUT2D eigenvalue weighted by Crippen LogP contribution is -1.89. The summed E-state index contributed by atoms with van der Waals surface area (Å²) in [6, 6.07) is 14.5. The van der Waals surface area contributed by atoms with Crippen LogP contribution in [0.4, 0.5) is 0 Å². The summed E-state index contributed by atoms with van der Waals surface area (Å²) in [5.41, 5.74) is 1.91. The van der Waals surface area contributed by atoms with E-state index in [2.05, 4.69) is 6.07 Å². The van der Waals surface area contributed by atoms with E-state index < -0.39 is 0 Å². The molecule has 0 heterocycles. The molecule has 0 amide bonds. The summed E-state index contributed by atoms with van der Waals surface area (Å²) < 4.78 is 15.7. The van der Waals surface area contributed by atoms with Crippen molar-refractivity contribution in [1.29, 1.82) is 0 Å². The molecular formula is C15H15O3. The van der Waals surface area contributed by atoms with Crippen LogP contribution in [0.15, 0.2) is 36.4 Å². The predicted molar refractivity (Wildman–Crippen MR) is 70.4 cm³/mol. The van der Waals surface area contributed by atoms with Crippen molar-refractivity contribution < 1.29 is 14.2 Å². The van der Waals surface area contributed by atoms with Gasteiger partial charge in [0.05, 0.1) is 21.3 Å². The van der Waals surface area contributed by atoms with E-state index in [1.165, 1.54) is 0 Å². The molecule has 0 aliphatic heterocycles. The van der Waals surface area contributed by atoms with E-state index in [1.54, 1.807) is 21.3 Å². The monoisotopic (exact) mass is 243 g/mol. The van der Waals surface area contributed by atoms with Crippen molar-refractivity contribution in [3.8, 4) is 28.4 Å². The summed E-state index contributed by atoms with van der Waals surface area (Å²) in [5, 5.41) is 0. The van der Waals surface area contributed by atoms with Crippen LogP contribution < -0.4 is 14.2 Å². The van der Waals surface area contributed by atoms with E-state index in [-0.39, 0.29) is 0 Å². The van der Waals surface area contributed by atoms with Crippen LogP contribution in [0.3, 0.4) is 0 Å². The molecule has 0 atom stereocenters. The molecule has 0 fully saturated rings. The first kappa shape index (κ1) is 12.3. The minimum Gasteiger partial charge on any atom is -0.497 e. The van der Waals surface area contributed by atoms with E-state index in [4.69, 9.17) is 14.2 Å². The van der Waals surface area contributed by atoms with E-state index >= 15 is 0 Å². The lowest BCUT2D eigenvalue weighted by Gasteiger charge is -2.09. The smallest absolute Gasteiger partial charge is 0.123 e. The van der Waals surface area contributed by atoms with Crippen LogP contribution in [-0.4, -0.2) is 21.3 Å². The Bertz CT molecular complexity index is 513. The highest BCUT2D eigenvalue weighted by atomic mass is 16.5. The van der Waals surface area contributed by atoms with Gasteiger partial charge in [0.15, 0.2) is 0 Å². The molecule has 18 heavy (non-hydrogen) atoms. The molecule has 0 saturated carbocycles. The summed E-state index contributed by atoms with van der Waals surface area (Å²) in [7, 11) is 4.91. The Morgan fingerprint density at radius 2 is 1.39 bits per heavy atom. The van der Waals surface area contributed by atoms with E-state index in [9.17, 15) is 0 Å². The zero-order valence-corrected chi connectivity index (χ0v) is 10.7. The molecule has 0 N–H and O–H groups in total. The molecule has 0 bridgehead atoms. The molecule has 0 spiro atoms. The summed E-state index contributed by atoms with van der Waals surface area (Å²) in [6.07, 6.45) is 0. The molecule has 0 aliphatic carbocycles. The largest absolute Gasteiger partial charge is 0.497 e. The highest BCUT2D eigenvalue weighted by Crippen LogP contribution is 2.30. The molecule has 0 aromatic heterocycles. The summed E-state index contributed by atoms with van der Waals surface area (Å²) in [5.74, 6) is 2.30. The Hall–Kier alpha value is -2.16. The molecule has 3 nitrogen and oxygen atoms in total. The van der Waals surface area contributed by atoms with Gasteiger partial charge >= 0.3 is 0 Å². The third-order valence-electron chi connectivity index (χ3n) is 2.67. The van der Waals surface area contributed by atoms with Crippen LogP contribution >= 0.6 is 0 Å². The molecule has 3 heteroatoms. The third kappa shape index (κ3) is 2.56. The fraction of sp³-hybridized carbons (Fsp3) is 0.200. The first-order chi connectivity index (χ1) is 8.76. The second kappa shape index (κ2) is 5.45. The van der Waals surface area contributed by atoms with Gasteiger partial charge in [0.1, 0.15) is 17.2 Å². The summed E-state index contributed by atoms with van der Waals surface area (Å²) in [6.45, 7) is 0. The van der Waals surface area contributed by atoms with Crippen molar-refractivity contribution in [3.63, 3.8) is 0 Å². The molecule has 93 valence electrons. The van der Waals surface area contributed by atoms with Crippen molar-refractivity contribution >= 4 is 0 Å². The second-order valence-corrected chi connectivity index (χ2v) is 3.74. The number of rotatable bonds is 4. The maximum Gasteiger partial charge on any atom is 0.123 e. The fourth-order valence-electron chi connectivity index (χ4n) is 1.70. The van der Waals surface area contributed by atoms with Gasteiger partial charge in [-0.05, 0) is 41.5 Å². The van der Waals surface area contributed by atoms with Crippen molar-refractivity contribution in [1.82, 2.24) is 0 Å². The van der Waals surface area contributed by atoms with Crippen LogP contribution in [0.1, 0.15) is 0 Å². The molecule has 2 rings (SSSR count). The molecule has 0 aliphatic rings. The lowest BCUT2D eigenvalue weighted by atomic mass is 10.0. The third-order valence-corrected chi connectivity index (χ3v) is 2.67. The number of methoxy groups -OCH3 is 3. The summed E-state index contributed by atoms with van der Waals surface area (Å²) in [4.78, 5) is 0. The first-order valence-corrected chi connectivity index (χ1v) is 5.56. The number of benzene rings is 2. The first-order valence-electron chi connectivity index (χ1n) is 5.56. The van der Waals surface area contributed by atoms with Crippen molar-refractivity contribution in [3.05, 3.63) is 42.5 Å². The maximum absolute atomic E-state index is 5.25. The van der Waals surface area contributed by atoms with E-state index in [0.717, 1.165) is 28.4 Å². The zero-order valence-electron chi connectivity index (χ0n) is 10.7. The Morgan fingerprint density at radius 3 is 1.94 bits per heavy atom. The Labute approximate surface area is 107 Å². The SMILES string of the molecule is COc1cc[c]c(-c2cc(OC)cc(OC)c2)c1. The Kier molecular flexibility index (Phi) is 3.72. The predicted octanol–water partition coefficient (Wildman–Crippen LogP) is 3.18. The van der Waals surface area contributed by atoms with E-state index in [0.29, 0.717) is 0 Å². The highest BCUT2D eigenvalue weighted by Gasteiger charge is 2.05. The second-order valence-electron chi connectivity index (χ2n) is 3.74. The molecule has 1 radical (unpaired) electrons. The van der Waals surface area contributed by atoms with Crippen LogP contribution in [0.5, 0.6) is 17.2 Å². The number of hydrogen-bond donors (Lipinski definition) is 0. The summed E-state index contributed by atoms with van der Waals surface area (Å²) >= 11 is 0. The maximum atomic E-state index is 5.25. The van der Waals surface area contributed by atoms with Crippen LogP contribution in [-0.2, 0) is 0 Å². The van der Waals surface area contributed by atoms with Gasteiger partial charge in [-0.25, -0.2) is 0 Å². The van der Waals surface area contributed by atoms with Crippen molar-refractivity contribution in [2.75, 3.05) is 21.3 Å². The Morgan fingerprint density at radius 1 is 0.778 bits per heavy atom. The minimum atomic E-state index is 0.751. The lowest BCUT2D eigenvalue weighted by molar-refractivity contribution is 0.394. The van der Waals surface area contributed by atoms with Gasteiger partial charge in [-0.3, -0.25) is 0 Å². The molecule has 2 aromatic rings. The standard InChI is InChI=1S/C15H15O3/c1-16-13-6-4-5-11(7-13)12-8-14(17-2)10-15(9-12)18-3/h4,6-10H,1-3H3. The topological polar surface area (TPSA) is 27.7 Å². The minimum absolute atomic E-state index is 0.751. The molecule has 0 unspecified atom stereocenters. The van der Waals surface area contributed by atoms with Crippen LogP contribution in [0.25, 0.3) is 11.1 Å². The average Bonchev–Trinajstić information content (AvgIpc) is 2.46.